The molecule has 0 atom stereocenters. The lowest BCUT2D eigenvalue weighted by molar-refractivity contribution is 0.660. The topological polar surface area (TPSA) is 64.5 Å². The van der Waals surface area contributed by atoms with Crippen LogP contribution in [0.25, 0.3) is 123 Å². The molecule has 0 aliphatic heterocycles. The molecule has 14 rings (SSSR count). The highest BCUT2D eigenvalue weighted by atomic mass is 15.0. The normalized spacial score (nSPS) is 13.5. The van der Waals surface area contributed by atoms with Crippen LogP contribution >= 0.6 is 0 Å². The van der Waals surface area contributed by atoms with E-state index in [0.29, 0.717) is 23.3 Å². The third-order valence-electron chi connectivity index (χ3n) is 15.9. The van der Waals surface area contributed by atoms with Crippen LogP contribution in [0.15, 0.2) is 237 Å². The number of hydrogen-bond acceptors (Lipinski definition) is 5. The zero-order chi connectivity index (χ0) is 51.1. The van der Waals surface area contributed by atoms with Crippen LogP contribution in [0, 0.1) is 0 Å². The summed E-state index contributed by atoms with van der Waals surface area (Å²) in [4.78, 5) is 26.5. The molecule has 5 nitrogen and oxygen atoms in total. The lowest BCUT2D eigenvalue weighted by atomic mass is 9.81. The van der Waals surface area contributed by atoms with Gasteiger partial charge >= 0.3 is 0 Å². The molecule has 0 bridgehead atoms. The zero-order valence-corrected chi connectivity index (χ0v) is 42.8. The Balaban J connectivity index is 0.864. The molecule has 0 unspecified atom stereocenters. The highest BCUT2D eigenvalue weighted by Crippen LogP contribution is 2.53. The molecule has 0 amide bonds. The molecule has 2 aliphatic rings. The molecule has 0 saturated heterocycles. The summed E-state index contributed by atoms with van der Waals surface area (Å²) in [5, 5.41) is 2.52. The maximum atomic E-state index is 5.36. The molecule has 76 heavy (non-hydrogen) atoms. The van der Waals surface area contributed by atoms with Gasteiger partial charge in [-0.05, 0) is 114 Å². The SMILES string of the molecule is CC1(C)c2cc(-c3cc(-c4cccc(-c5cccc(-c6nc(-c7ccc(-c8ccccc8)cc7)nc(-c7cccc8c7-c7ccccc7C8(C)C)n6)c5)c4)nc(-c4ccccc4)n3)ccc2-c2cc3ccccc3cc21. The minimum Gasteiger partial charge on any atom is -0.228 e. The van der Waals surface area contributed by atoms with Crippen molar-refractivity contribution in [2.24, 2.45) is 0 Å². The molecule has 5 heteroatoms. The van der Waals surface area contributed by atoms with Crippen LogP contribution in [-0.2, 0) is 10.8 Å². The molecule has 10 aromatic carbocycles. The molecule has 12 aromatic rings. The minimum absolute atomic E-state index is 0.171. The molecule has 0 saturated carbocycles. The van der Waals surface area contributed by atoms with Crippen molar-refractivity contribution >= 4 is 10.8 Å². The van der Waals surface area contributed by atoms with Crippen LogP contribution < -0.4 is 0 Å². The maximum absolute atomic E-state index is 5.36. The van der Waals surface area contributed by atoms with Crippen molar-refractivity contribution in [2.45, 2.75) is 38.5 Å². The Morgan fingerprint density at radius 1 is 0.237 bits per heavy atom. The summed E-state index contributed by atoms with van der Waals surface area (Å²) in [7, 11) is 0. The van der Waals surface area contributed by atoms with Gasteiger partial charge in [-0.3, -0.25) is 0 Å². The summed E-state index contributed by atoms with van der Waals surface area (Å²) in [6.07, 6.45) is 0. The number of hydrogen-bond donors (Lipinski definition) is 0. The van der Waals surface area contributed by atoms with Crippen molar-refractivity contribution in [3.63, 3.8) is 0 Å². The van der Waals surface area contributed by atoms with Gasteiger partial charge in [0.1, 0.15) is 0 Å². The first-order chi connectivity index (χ1) is 37.1. The first-order valence-electron chi connectivity index (χ1n) is 26.1. The van der Waals surface area contributed by atoms with E-state index in [1.807, 2.05) is 24.3 Å². The molecule has 0 fully saturated rings. The number of rotatable bonds is 8. The van der Waals surface area contributed by atoms with E-state index in [1.165, 1.54) is 55.3 Å². The second-order valence-electron chi connectivity index (χ2n) is 21.3. The number of fused-ring (bicyclic) bond motifs is 7. The summed E-state index contributed by atoms with van der Waals surface area (Å²) in [6.45, 7) is 9.30. The summed E-state index contributed by atoms with van der Waals surface area (Å²) in [5.41, 5.74) is 21.8. The van der Waals surface area contributed by atoms with Gasteiger partial charge in [-0.25, -0.2) is 24.9 Å². The summed E-state index contributed by atoms with van der Waals surface area (Å²) >= 11 is 0. The Morgan fingerprint density at radius 2 is 0.684 bits per heavy atom. The molecule has 0 radical (unpaired) electrons. The van der Waals surface area contributed by atoms with Gasteiger partial charge in [0.05, 0.1) is 11.4 Å². The second kappa shape index (κ2) is 17.6. The molecular formula is C71H51N5. The van der Waals surface area contributed by atoms with E-state index in [4.69, 9.17) is 24.9 Å². The van der Waals surface area contributed by atoms with Gasteiger partial charge in [0.25, 0.3) is 0 Å². The lowest BCUT2D eigenvalue weighted by Crippen LogP contribution is -2.15. The maximum Gasteiger partial charge on any atom is 0.164 e. The first-order valence-corrected chi connectivity index (χ1v) is 26.1. The van der Waals surface area contributed by atoms with E-state index in [2.05, 4.69) is 240 Å². The number of benzene rings is 10. The average Bonchev–Trinajstić information content (AvgIpc) is 3.87. The molecule has 2 heterocycles. The van der Waals surface area contributed by atoms with Crippen LogP contribution in [0.2, 0.25) is 0 Å². The van der Waals surface area contributed by atoms with Crippen molar-refractivity contribution in [2.75, 3.05) is 0 Å². The lowest BCUT2D eigenvalue weighted by Gasteiger charge is -2.22. The third-order valence-corrected chi connectivity index (χ3v) is 15.9. The average molecular weight is 974 g/mol. The number of aromatic nitrogens is 5. The smallest absolute Gasteiger partial charge is 0.164 e. The van der Waals surface area contributed by atoms with Crippen LogP contribution in [0.1, 0.15) is 49.9 Å². The minimum atomic E-state index is -0.185. The van der Waals surface area contributed by atoms with Gasteiger partial charge in [-0.1, -0.05) is 228 Å². The fraction of sp³-hybridized carbons (Fsp3) is 0.0845. The summed E-state index contributed by atoms with van der Waals surface area (Å²) < 4.78 is 0. The van der Waals surface area contributed by atoms with Gasteiger partial charge in [0, 0.05) is 44.2 Å². The van der Waals surface area contributed by atoms with Gasteiger partial charge in [-0.15, -0.1) is 0 Å². The van der Waals surface area contributed by atoms with E-state index >= 15 is 0 Å². The Morgan fingerprint density at radius 3 is 1.42 bits per heavy atom. The molecule has 2 aliphatic carbocycles. The first kappa shape index (κ1) is 45.2. The Hall–Kier alpha value is -9.45. The van der Waals surface area contributed by atoms with Gasteiger partial charge in [0.15, 0.2) is 23.3 Å². The van der Waals surface area contributed by atoms with Crippen LogP contribution in [0.3, 0.4) is 0 Å². The third kappa shape index (κ3) is 7.57. The standard InChI is InChI=1S/C71H51N5/c1-70(2)59-30-14-13-28-56(59)65-57(29-17-31-60(65)70)69-75-67(47-34-32-45(33-35-47)44-18-7-5-8-19-44)74-68(76-69)54-27-16-25-49(39-54)48-24-15-26-52(38-48)63-43-64(73-66(72-63)46-20-9-6-10-21-46)53-36-37-55-58-40-50-22-11-12-23-51(50)41-62(58)71(3,4)61(55)42-53/h5-43H,1-4H3. The van der Waals surface area contributed by atoms with Gasteiger partial charge < -0.3 is 0 Å². The van der Waals surface area contributed by atoms with Crippen LogP contribution in [0.5, 0.6) is 0 Å². The number of nitrogens with zero attached hydrogens (tertiary/aromatic N) is 5. The van der Waals surface area contributed by atoms with E-state index < -0.39 is 0 Å². The summed E-state index contributed by atoms with van der Waals surface area (Å²) in [6, 6.07) is 84.2. The largest absolute Gasteiger partial charge is 0.228 e. The molecular weight excluding hydrogens is 923 g/mol. The van der Waals surface area contributed by atoms with Gasteiger partial charge in [0.2, 0.25) is 0 Å². The van der Waals surface area contributed by atoms with E-state index in [1.54, 1.807) is 0 Å². The van der Waals surface area contributed by atoms with Crippen molar-refractivity contribution in [3.05, 3.63) is 259 Å². The monoisotopic (exact) mass is 973 g/mol. The van der Waals surface area contributed by atoms with Crippen molar-refractivity contribution in [1.29, 1.82) is 0 Å². The van der Waals surface area contributed by atoms with Gasteiger partial charge in [-0.2, -0.15) is 0 Å². The Kier molecular flexibility index (Phi) is 10.5. The van der Waals surface area contributed by atoms with E-state index in [9.17, 15) is 0 Å². The van der Waals surface area contributed by atoms with Crippen LogP contribution in [-0.4, -0.2) is 24.9 Å². The fourth-order valence-electron chi connectivity index (χ4n) is 11.9. The highest BCUT2D eigenvalue weighted by molar-refractivity contribution is 5.95. The fourth-order valence-corrected chi connectivity index (χ4v) is 11.9. The molecule has 0 N–H and O–H groups in total. The Labute approximate surface area is 443 Å². The molecule has 360 valence electrons. The molecule has 0 spiro atoms. The predicted octanol–water partition coefficient (Wildman–Crippen LogP) is 17.8. The quantitative estimate of drug-likeness (QED) is 0.152. The molecule has 2 aromatic heterocycles. The van der Waals surface area contributed by atoms with E-state index in [-0.39, 0.29) is 10.8 Å². The summed E-state index contributed by atoms with van der Waals surface area (Å²) in [5.74, 6) is 2.55. The predicted molar refractivity (Wildman–Crippen MR) is 312 cm³/mol. The van der Waals surface area contributed by atoms with E-state index in [0.717, 1.165) is 67.0 Å². The van der Waals surface area contributed by atoms with Crippen molar-refractivity contribution < 1.29 is 0 Å². The second-order valence-corrected chi connectivity index (χ2v) is 21.3. The highest BCUT2D eigenvalue weighted by Gasteiger charge is 2.38. The van der Waals surface area contributed by atoms with Crippen LogP contribution in [0.4, 0.5) is 0 Å². The zero-order valence-electron chi connectivity index (χ0n) is 42.8. The Bertz CT molecular complexity index is 4270. The van der Waals surface area contributed by atoms with Crippen molar-refractivity contribution in [1.82, 2.24) is 24.9 Å². The van der Waals surface area contributed by atoms with Crippen molar-refractivity contribution in [3.8, 4) is 113 Å².